The van der Waals surface area contributed by atoms with Gasteiger partial charge in [-0.25, -0.2) is 14.9 Å². The van der Waals surface area contributed by atoms with Gasteiger partial charge in [-0.05, 0) is 26.0 Å². The highest BCUT2D eigenvalue weighted by molar-refractivity contribution is 5.95. The third kappa shape index (κ3) is 3.69. The van der Waals surface area contributed by atoms with Gasteiger partial charge in [0.05, 0.1) is 17.1 Å². The third-order valence-electron chi connectivity index (χ3n) is 4.08. The summed E-state index contributed by atoms with van der Waals surface area (Å²) in [4.78, 5) is 32.6. The molecule has 0 radical (unpaired) electrons. The highest BCUT2D eigenvalue weighted by Crippen LogP contribution is 2.21. The molecule has 1 aromatic carbocycles. The Labute approximate surface area is 150 Å². The number of aryl methyl sites for hydroxylation is 2. The van der Waals surface area contributed by atoms with E-state index in [1.54, 1.807) is 25.4 Å². The van der Waals surface area contributed by atoms with Gasteiger partial charge < -0.3 is 5.32 Å². The molecule has 3 rings (SSSR count). The molecule has 2 aromatic heterocycles. The molecule has 8 nitrogen and oxygen atoms in total. The van der Waals surface area contributed by atoms with E-state index in [-0.39, 0.29) is 11.6 Å². The average molecular weight is 352 g/mol. The minimum absolute atomic E-state index is 0.189. The topological polar surface area (TPSA) is 106 Å². The summed E-state index contributed by atoms with van der Waals surface area (Å²) in [7, 11) is 1.64. The molecule has 0 bridgehead atoms. The van der Waals surface area contributed by atoms with Gasteiger partial charge in [0.1, 0.15) is 5.82 Å². The molecule has 2 heterocycles. The number of amides is 1. The van der Waals surface area contributed by atoms with Gasteiger partial charge in [0.15, 0.2) is 0 Å². The van der Waals surface area contributed by atoms with Gasteiger partial charge in [0.25, 0.3) is 5.91 Å². The van der Waals surface area contributed by atoms with Crippen molar-refractivity contribution >= 4 is 5.91 Å². The van der Waals surface area contributed by atoms with Gasteiger partial charge in [-0.1, -0.05) is 12.1 Å². The molecule has 8 heteroatoms. The Morgan fingerprint density at radius 2 is 2.12 bits per heavy atom. The Balaban J connectivity index is 1.71. The minimum atomic E-state index is -0.270. The first-order valence-corrected chi connectivity index (χ1v) is 8.25. The van der Waals surface area contributed by atoms with E-state index >= 15 is 0 Å². The molecule has 0 unspecified atom stereocenters. The van der Waals surface area contributed by atoms with Gasteiger partial charge in [0.2, 0.25) is 0 Å². The van der Waals surface area contributed by atoms with Gasteiger partial charge in [-0.15, -0.1) is 0 Å². The monoisotopic (exact) mass is 352 g/mol. The summed E-state index contributed by atoms with van der Waals surface area (Å²) >= 11 is 0. The number of hydrogen-bond acceptors (Lipinski definition) is 5. The number of hydrogen-bond donors (Lipinski definition) is 2. The molecule has 0 saturated heterocycles. The molecule has 2 N–H and O–H groups in total. The second kappa shape index (κ2) is 7.30. The summed E-state index contributed by atoms with van der Waals surface area (Å²) in [5, 5.41) is 9.13. The molecular formula is C18H20N6O2. The van der Waals surface area contributed by atoms with Crippen LogP contribution in [0.25, 0.3) is 11.3 Å². The summed E-state index contributed by atoms with van der Waals surface area (Å²) in [6.45, 7) is 4.15. The predicted octanol–water partition coefficient (Wildman–Crippen LogP) is 1.15. The summed E-state index contributed by atoms with van der Waals surface area (Å²) in [5.74, 6) is 0.403. The van der Waals surface area contributed by atoms with Crippen LogP contribution in [0.3, 0.4) is 0 Å². The fourth-order valence-electron chi connectivity index (χ4n) is 2.61. The molecule has 0 saturated carbocycles. The zero-order chi connectivity index (χ0) is 18.7. The molecule has 0 aliphatic carbocycles. The fraction of sp³-hybridized carbons (Fsp3) is 0.278. The zero-order valence-corrected chi connectivity index (χ0v) is 14.9. The lowest BCUT2D eigenvalue weighted by Gasteiger charge is -2.08. The van der Waals surface area contributed by atoms with Crippen LogP contribution in [0.2, 0.25) is 0 Å². The van der Waals surface area contributed by atoms with Crippen molar-refractivity contribution in [2.75, 3.05) is 6.54 Å². The highest BCUT2D eigenvalue weighted by Gasteiger charge is 2.11. The van der Waals surface area contributed by atoms with E-state index in [1.165, 1.54) is 4.57 Å². The van der Waals surface area contributed by atoms with E-state index in [9.17, 15) is 9.59 Å². The van der Waals surface area contributed by atoms with E-state index in [1.807, 2.05) is 26.0 Å². The second-order valence-corrected chi connectivity index (χ2v) is 6.04. The standard InChI is InChI=1S/C18H20N6O2/c1-11-10-20-12(2)16(21-11)13-5-4-6-14(9-13)17(25)19-8-7-15-22-23-18(26)24(15)3/h4-6,9-10H,7-8H2,1-3H3,(H,19,25)(H,23,26). The predicted molar refractivity (Wildman–Crippen MR) is 96.8 cm³/mol. The molecule has 0 spiro atoms. The molecule has 3 aromatic rings. The van der Waals surface area contributed by atoms with Crippen molar-refractivity contribution in [2.45, 2.75) is 20.3 Å². The van der Waals surface area contributed by atoms with Gasteiger partial charge in [-0.3, -0.25) is 14.3 Å². The molecule has 0 fully saturated rings. The van der Waals surface area contributed by atoms with Crippen LogP contribution < -0.4 is 11.0 Å². The Hall–Kier alpha value is -3.29. The van der Waals surface area contributed by atoms with Gasteiger partial charge >= 0.3 is 5.69 Å². The summed E-state index contributed by atoms with van der Waals surface area (Å²) in [6, 6.07) is 7.29. The van der Waals surface area contributed by atoms with E-state index in [2.05, 4.69) is 25.5 Å². The number of carbonyl (C=O) groups is 1. The fourth-order valence-corrected chi connectivity index (χ4v) is 2.61. The Kier molecular flexibility index (Phi) is 4.92. The van der Waals surface area contributed by atoms with Crippen molar-refractivity contribution in [3.8, 4) is 11.3 Å². The quantitative estimate of drug-likeness (QED) is 0.717. The number of aromatic nitrogens is 5. The first-order valence-electron chi connectivity index (χ1n) is 8.25. The molecule has 134 valence electrons. The first-order chi connectivity index (χ1) is 12.5. The second-order valence-electron chi connectivity index (χ2n) is 6.04. The van der Waals surface area contributed by atoms with Crippen LogP contribution >= 0.6 is 0 Å². The van der Waals surface area contributed by atoms with Crippen LogP contribution in [0.15, 0.2) is 35.3 Å². The molecule has 0 aliphatic heterocycles. The van der Waals surface area contributed by atoms with Crippen molar-refractivity contribution < 1.29 is 4.79 Å². The van der Waals surface area contributed by atoms with E-state index in [0.29, 0.717) is 24.4 Å². The van der Waals surface area contributed by atoms with Crippen molar-refractivity contribution in [3.05, 3.63) is 63.7 Å². The molecule has 0 atom stereocenters. The van der Waals surface area contributed by atoms with E-state index < -0.39 is 0 Å². The van der Waals surface area contributed by atoms with Crippen molar-refractivity contribution in [1.82, 2.24) is 30.0 Å². The van der Waals surface area contributed by atoms with Crippen LogP contribution in [0.4, 0.5) is 0 Å². The van der Waals surface area contributed by atoms with Crippen molar-refractivity contribution in [3.63, 3.8) is 0 Å². The largest absolute Gasteiger partial charge is 0.352 e. The van der Waals surface area contributed by atoms with Crippen LogP contribution in [0, 0.1) is 13.8 Å². The number of nitrogens with zero attached hydrogens (tertiary/aromatic N) is 4. The minimum Gasteiger partial charge on any atom is -0.352 e. The number of rotatable bonds is 5. The SMILES string of the molecule is Cc1cnc(C)c(-c2cccc(C(=O)NCCc3n[nH]c(=O)n3C)c2)n1. The van der Waals surface area contributed by atoms with Gasteiger partial charge in [0, 0.05) is 37.3 Å². The molecule has 1 amide bonds. The number of carbonyl (C=O) groups excluding carboxylic acids is 1. The first kappa shape index (κ1) is 17.5. The Morgan fingerprint density at radius 1 is 1.31 bits per heavy atom. The Morgan fingerprint density at radius 3 is 2.85 bits per heavy atom. The lowest BCUT2D eigenvalue weighted by Crippen LogP contribution is -2.27. The maximum atomic E-state index is 12.4. The number of benzene rings is 1. The van der Waals surface area contributed by atoms with Crippen LogP contribution in [0.1, 0.15) is 27.6 Å². The Bertz CT molecular complexity index is 1000. The average Bonchev–Trinajstić information content (AvgIpc) is 2.96. The van der Waals surface area contributed by atoms with E-state index in [0.717, 1.165) is 22.6 Å². The van der Waals surface area contributed by atoms with Crippen molar-refractivity contribution in [1.29, 1.82) is 0 Å². The smallest absolute Gasteiger partial charge is 0.343 e. The van der Waals surface area contributed by atoms with Crippen LogP contribution in [-0.2, 0) is 13.5 Å². The number of aromatic amines is 1. The summed E-state index contributed by atoms with van der Waals surface area (Å²) < 4.78 is 1.42. The maximum Gasteiger partial charge on any atom is 0.343 e. The molecular weight excluding hydrogens is 332 g/mol. The van der Waals surface area contributed by atoms with E-state index in [4.69, 9.17) is 0 Å². The normalized spacial score (nSPS) is 10.7. The molecule has 26 heavy (non-hydrogen) atoms. The van der Waals surface area contributed by atoms with Gasteiger partial charge in [-0.2, -0.15) is 5.10 Å². The number of nitrogens with one attached hydrogen (secondary N) is 2. The highest BCUT2D eigenvalue weighted by atomic mass is 16.2. The maximum absolute atomic E-state index is 12.4. The molecule has 0 aliphatic rings. The summed E-state index contributed by atoms with van der Waals surface area (Å²) in [6.07, 6.45) is 2.18. The third-order valence-corrected chi connectivity index (χ3v) is 4.08. The van der Waals surface area contributed by atoms with Crippen LogP contribution in [-0.4, -0.2) is 37.2 Å². The number of H-pyrrole nitrogens is 1. The van der Waals surface area contributed by atoms with Crippen LogP contribution in [0.5, 0.6) is 0 Å². The summed E-state index contributed by atoms with van der Waals surface area (Å²) in [5.41, 5.74) is 3.53. The lowest BCUT2D eigenvalue weighted by molar-refractivity contribution is 0.0954. The lowest BCUT2D eigenvalue weighted by atomic mass is 10.1. The van der Waals surface area contributed by atoms with Crippen molar-refractivity contribution in [2.24, 2.45) is 7.05 Å². The zero-order valence-electron chi connectivity index (χ0n) is 14.9.